The highest BCUT2D eigenvalue weighted by atomic mass is 16.1. The van der Waals surface area contributed by atoms with Crippen molar-refractivity contribution in [1.29, 1.82) is 0 Å². The summed E-state index contributed by atoms with van der Waals surface area (Å²) in [6, 6.07) is 17.2. The summed E-state index contributed by atoms with van der Waals surface area (Å²) in [5, 5.41) is 14.2. The van der Waals surface area contributed by atoms with Crippen molar-refractivity contribution in [3.05, 3.63) is 87.0 Å². The molecule has 7 heteroatoms. The predicted octanol–water partition coefficient (Wildman–Crippen LogP) is 5.65. The van der Waals surface area contributed by atoms with Gasteiger partial charge in [0.25, 0.3) is 5.56 Å². The van der Waals surface area contributed by atoms with Crippen molar-refractivity contribution in [2.24, 2.45) is 5.92 Å². The lowest BCUT2D eigenvalue weighted by Crippen LogP contribution is -2.35. The van der Waals surface area contributed by atoms with Crippen LogP contribution in [0.5, 0.6) is 0 Å². The van der Waals surface area contributed by atoms with E-state index in [1.807, 2.05) is 19.1 Å². The summed E-state index contributed by atoms with van der Waals surface area (Å²) in [6.07, 6.45) is 4.67. The Balaban J connectivity index is 1.56. The molecule has 5 rings (SSSR count). The molecule has 1 fully saturated rings. The van der Waals surface area contributed by atoms with Crippen LogP contribution < -0.4 is 5.56 Å². The number of nitrogens with one attached hydrogen (secondary N) is 1. The quantitative estimate of drug-likeness (QED) is 0.350. The zero-order chi connectivity index (χ0) is 25.2. The summed E-state index contributed by atoms with van der Waals surface area (Å²) in [7, 11) is 0. The monoisotopic (exact) mass is 484 g/mol. The number of aromatic nitrogens is 5. The summed E-state index contributed by atoms with van der Waals surface area (Å²) >= 11 is 0. The number of rotatable bonds is 8. The van der Waals surface area contributed by atoms with Gasteiger partial charge in [0.15, 0.2) is 5.82 Å². The molecule has 1 atom stereocenters. The molecule has 4 aromatic rings. The normalized spacial score (nSPS) is 15.4. The lowest BCUT2D eigenvalue weighted by Gasteiger charge is -2.34. The van der Waals surface area contributed by atoms with Gasteiger partial charge in [-0.1, -0.05) is 68.7 Å². The molecule has 0 spiro atoms. The number of H-pyrrole nitrogens is 1. The molecule has 1 N–H and O–H groups in total. The Hall–Kier alpha value is -3.32. The van der Waals surface area contributed by atoms with E-state index in [9.17, 15) is 4.79 Å². The van der Waals surface area contributed by atoms with Crippen LogP contribution in [0.1, 0.15) is 79.7 Å². The van der Waals surface area contributed by atoms with E-state index in [1.54, 1.807) is 0 Å². The standard InChI is InChI=1S/C29H36N6O/c1-19(2)27(28-31-32-33-35(28)25-7-5-6-8-25)34(17-22-12-9-20(3)10-13-22)18-24-16-23-14-11-21(4)15-26(23)30-29(24)36/h9-16,19,25,27H,5-8,17-18H2,1-4H3,(H,30,36)/t27-/m0/s1. The number of pyridine rings is 1. The third-order valence-electron chi connectivity index (χ3n) is 7.44. The summed E-state index contributed by atoms with van der Waals surface area (Å²) in [4.78, 5) is 18.7. The minimum atomic E-state index is -0.0418. The summed E-state index contributed by atoms with van der Waals surface area (Å²) in [5.74, 6) is 1.15. The van der Waals surface area contributed by atoms with E-state index in [-0.39, 0.29) is 17.5 Å². The van der Waals surface area contributed by atoms with Gasteiger partial charge in [0.2, 0.25) is 0 Å². The molecule has 1 aliphatic carbocycles. The molecular formula is C29H36N6O. The first-order valence-corrected chi connectivity index (χ1v) is 13.1. The zero-order valence-electron chi connectivity index (χ0n) is 21.7. The highest BCUT2D eigenvalue weighted by Crippen LogP contribution is 2.35. The maximum absolute atomic E-state index is 13.2. The van der Waals surface area contributed by atoms with Crippen molar-refractivity contribution < 1.29 is 0 Å². The van der Waals surface area contributed by atoms with Crippen LogP contribution in [0.3, 0.4) is 0 Å². The van der Waals surface area contributed by atoms with Crippen LogP contribution in [0.4, 0.5) is 0 Å². The molecule has 2 aromatic carbocycles. The van der Waals surface area contributed by atoms with Gasteiger partial charge in [0.05, 0.1) is 12.1 Å². The van der Waals surface area contributed by atoms with E-state index in [1.165, 1.54) is 24.0 Å². The number of benzene rings is 2. The molecule has 0 saturated heterocycles. The lowest BCUT2D eigenvalue weighted by molar-refractivity contribution is 0.123. The van der Waals surface area contributed by atoms with E-state index in [2.05, 4.69) is 87.3 Å². The molecule has 0 bridgehead atoms. The molecule has 2 aromatic heterocycles. The molecule has 0 radical (unpaired) electrons. The van der Waals surface area contributed by atoms with Crippen molar-refractivity contribution >= 4 is 10.9 Å². The van der Waals surface area contributed by atoms with Gasteiger partial charge in [-0.2, -0.15) is 0 Å². The van der Waals surface area contributed by atoms with Crippen molar-refractivity contribution in [2.45, 2.75) is 78.6 Å². The van der Waals surface area contributed by atoms with E-state index >= 15 is 0 Å². The number of fused-ring (bicyclic) bond motifs is 1. The van der Waals surface area contributed by atoms with Gasteiger partial charge >= 0.3 is 0 Å². The van der Waals surface area contributed by atoms with Crippen LogP contribution in [0, 0.1) is 19.8 Å². The Kier molecular flexibility index (Phi) is 7.01. The highest BCUT2D eigenvalue weighted by Gasteiger charge is 2.32. The van der Waals surface area contributed by atoms with Crippen LogP contribution in [0.25, 0.3) is 10.9 Å². The first-order chi connectivity index (χ1) is 17.4. The maximum Gasteiger partial charge on any atom is 0.252 e. The average molecular weight is 485 g/mol. The second-order valence-electron chi connectivity index (χ2n) is 10.7. The number of aryl methyl sites for hydroxylation is 2. The molecular weight excluding hydrogens is 448 g/mol. The topological polar surface area (TPSA) is 79.7 Å². The fraction of sp³-hybridized carbons (Fsp3) is 0.448. The van der Waals surface area contributed by atoms with Crippen molar-refractivity contribution in [1.82, 2.24) is 30.1 Å². The molecule has 0 amide bonds. The Bertz CT molecular complexity index is 1380. The second kappa shape index (κ2) is 10.3. The van der Waals surface area contributed by atoms with Gasteiger partial charge < -0.3 is 4.98 Å². The Morgan fingerprint density at radius 1 is 1.00 bits per heavy atom. The van der Waals surface area contributed by atoms with Gasteiger partial charge in [-0.05, 0) is 71.7 Å². The lowest BCUT2D eigenvalue weighted by atomic mass is 9.99. The Morgan fingerprint density at radius 2 is 1.72 bits per heavy atom. The van der Waals surface area contributed by atoms with E-state index in [0.717, 1.165) is 40.7 Å². The number of tetrazole rings is 1. The van der Waals surface area contributed by atoms with E-state index < -0.39 is 0 Å². The van der Waals surface area contributed by atoms with Crippen LogP contribution >= 0.6 is 0 Å². The smallest absolute Gasteiger partial charge is 0.252 e. The second-order valence-corrected chi connectivity index (χ2v) is 10.7. The van der Waals surface area contributed by atoms with Crippen LogP contribution in [0.15, 0.2) is 53.3 Å². The molecule has 36 heavy (non-hydrogen) atoms. The largest absolute Gasteiger partial charge is 0.322 e. The zero-order valence-corrected chi connectivity index (χ0v) is 21.7. The Labute approximate surface area is 212 Å². The fourth-order valence-electron chi connectivity index (χ4n) is 5.56. The highest BCUT2D eigenvalue weighted by molar-refractivity contribution is 5.79. The minimum absolute atomic E-state index is 0.0324. The molecule has 1 saturated carbocycles. The predicted molar refractivity (Wildman–Crippen MR) is 143 cm³/mol. The number of nitrogens with zero attached hydrogens (tertiary/aromatic N) is 5. The first-order valence-electron chi connectivity index (χ1n) is 13.1. The molecule has 2 heterocycles. The van der Waals surface area contributed by atoms with Crippen molar-refractivity contribution in [3.63, 3.8) is 0 Å². The van der Waals surface area contributed by atoms with Gasteiger partial charge in [-0.15, -0.1) is 5.10 Å². The first kappa shape index (κ1) is 24.4. The average Bonchev–Trinajstić information content (AvgIpc) is 3.53. The van der Waals surface area contributed by atoms with Crippen LogP contribution in [0.2, 0.25) is 0 Å². The van der Waals surface area contributed by atoms with Gasteiger partial charge in [-0.3, -0.25) is 9.69 Å². The fourth-order valence-corrected chi connectivity index (χ4v) is 5.56. The summed E-state index contributed by atoms with van der Waals surface area (Å²) < 4.78 is 2.06. The number of aromatic amines is 1. The molecule has 0 aliphatic heterocycles. The Morgan fingerprint density at radius 3 is 2.44 bits per heavy atom. The van der Waals surface area contributed by atoms with Crippen LogP contribution in [-0.2, 0) is 13.1 Å². The van der Waals surface area contributed by atoms with Crippen LogP contribution in [-0.4, -0.2) is 30.1 Å². The summed E-state index contributed by atoms with van der Waals surface area (Å²) in [6.45, 7) is 9.78. The third-order valence-corrected chi connectivity index (χ3v) is 7.44. The van der Waals surface area contributed by atoms with Gasteiger partial charge in [0, 0.05) is 24.2 Å². The van der Waals surface area contributed by atoms with Gasteiger partial charge in [-0.25, -0.2) is 4.68 Å². The maximum atomic E-state index is 13.2. The van der Waals surface area contributed by atoms with E-state index in [4.69, 9.17) is 0 Å². The third kappa shape index (κ3) is 5.12. The number of hydrogen-bond acceptors (Lipinski definition) is 5. The number of hydrogen-bond donors (Lipinski definition) is 1. The minimum Gasteiger partial charge on any atom is -0.322 e. The molecule has 1 aliphatic rings. The molecule has 188 valence electrons. The van der Waals surface area contributed by atoms with Crippen molar-refractivity contribution in [3.8, 4) is 0 Å². The SMILES string of the molecule is Cc1ccc(CN(Cc2cc3ccc(C)cc3[nH]c2=O)[C@H](c2nnnn2C2CCCC2)C(C)C)cc1. The van der Waals surface area contributed by atoms with Gasteiger partial charge in [0.1, 0.15) is 0 Å². The summed E-state index contributed by atoms with van der Waals surface area (Å²) in [5.41, 5.74) is 5.16. The molecule has 0 unspecified atom stereocenters. The van der Waals surface area contributed by atoms with E-state index in [0.29, 0.717) is 19.1 Å². The molecule has 7 nitrogen and oxygen atoms in total. The van der Waals surface area contributed by atoms with Crippen molar-refractivity contribution in [2.75, 3.05) is 0 Å².